The second kappa shape index (κ2) is 4.66. The lowest BCUT2D eigenvalue weighted by Gasteiger charge is -2.07. The third-order valence-electron chi connectivity index (χ3n) is 2.64. The van der Waals surface area contributed by atoms with Crippen molar-refractivity contribution in [3.63, 3.8) is 0 Å². The van der Waals surface area contributed by atoms with Gasteiger partial charge in [0.25, 0.3) is 0 Å². The summed E-state index contributed by atoms with van der Waals surface area (Å²) in [6, 6.07) is 12.2. The smallest absolute Gasteiger partial charge is 0.146 e. The lowest BCUT2D eigenvalue weighted by molar-refractivity contribution is 0.959. The number of hydrogen-bond donors (Lipinski definition) is 2. The van der Waals surface area contributed by atoms with Crippen molar-refractivity contribution in [1.29, 1.82) is 0 Å². The molecule has 0 aliphatic rings. The molecule has 2 aromatic rings. The molecule has 0 fully saturated rings. The van der Waals surface area contributed by atoms with Gasteiger partial charge in [-0.25, -0.2) is 4.98 Å². The van der Waals surface area contributed by atoms with Crippen molar-refractivity contribution in [1.82, 2.24) is 4.98 Å². The summed E-state index contributed by atoms with van der Waals surface area (Å²) in [4.78, 5) is 3.95. The Kier molecular flexibility index (Phi) is 3.05. The topological polar surface area (TPSA) is 64.9 Å². The van der Waals surface area contributed by atoms with Crippen LogP contribution in [0.4, 0.5) is 11.5 Å². The van der Waals surface area contributed by atoms with Crippen molar-refractivity contribution in [2.75, 3.05) is 11.5 Å². The molecular weight excluding hydrogens is 198 g/mol. The summed E-state index contributed by atoms with van der Waals surface area (Å²) >= 11 is 0. The van der Waals surface area contributed by atoms with Crippen LogP contribution in [0.3, 0.4) is 0 Å². The van der Waals surface area contributed by atoms with Crippen LogP contribution in [0.15, 0.2) is 42.6 Å². The van der Waals surface area contributed by atoms with Crippen molar-refractivity contribution in [2.24, 2.45) is 0 Å². The molecular formula is C13H15N3. The van der Waals surface area contributed by atoms with Gasteiger partial charge in [-0.3, -0.25) is 0 Å². The minimum Gasteiger partial charge on any atom is -0.396 e. The molecule has 3 heteroatoms. The van der Waals surface area contributed by atoms with Gasteiger partial charge in [-0.2, -0.15) is 0 Å². The Balaban J connectivity index is 2.08. The highest BCUT2D eigenvalue weighted by Gasteiger charge is 2.03. The molecule has 0 radical (unpaired) electrons. The number of benzene rings is 1. The lowest BCUT2D eigenvalue weighted by atomic mass is 10.0. The summed E-state index contributed by atoms with van der Waals surface area (Å²) in [5.74, 6) is 0.422. The molecule has 16 heavy (non-hydrogen) atoms. The molecule has 0 aliphatic carbocycles. The summed E-state index contributed by atoms with van der Waals surface area (Å²) in [6.07, 6.45) is 3.56. The molecule has 0 saturated carbocycles. The minimum atomic E-state index is 0.422. The summed E-state index contributed by atoms with van der Waals surface area (Å²) in [6.45, 7) is 0. The number of hydrogen-bond acceptors (Lipinski definition) is 3. The molecule has 0 aliphatic heterocycles. The van der Waals surface area contributed by atoms with E-state index in [0.29, 0.717) is 11.5 Å². The van der Waals surface area contributed by atoms with Gasteiger partial charge in [0.15, 0.2) is 0 Å². The van der Waals surface area contributed by atoms with E-state index in [-0.39, 0.29) is 0 Å². The summed E-state index contributed by atoms with van der Waals surface area (Å²) < 4.78 is 0. The monoisotopic (exact) mass is 213 g/mol. The number of anilines is 2. The zero-order chi connectivity index (χ0) is 11.4. The van der Waals surface area contributed by atoms with Gasteiger partial charge in [0.1, 0.15) is 5.82 Å². The number of rotatable bonds is 3. The van der Waals surface area contributed by atoms with Crippen LogP contribution < -0.4 is 11.5 Å². The first-order valence-electron chi connectivity index (χ1n) is 5.30. The van der Waals surface area contributed by atoms with Gasteiger partial charge in [-0.05, 0) is 30.0 Å². The van der Waals surface area contributed by atoms with E-state index in [0.717, 1.165) is 18.4 Å². The normalized spacial score (nSPS) is 10.2. The Labute approximate surface area is 95.1 Å². The van der Waals surface area contributed by atoms with E-state index < -0.39 is 0 Å². The van der Waals surface area contributed by atoms with Crippen LogP contribution >= 0.6 is 0 Å². The van der Waals surface area contributed by atoms with Gasteiger partial charge in [-0.1, -0.05) is 30.3 Å². The molecule has 0 unspecified atom stereocenters. The maximum Gasteiger partial charge on any atom is 0.146 e. The van der Waals surface area contributed by atoms with Crippen molar-refractivity contribution < 1.29 is 0 Å². The van der Waals surface area contributed by atoms with Crippen molar-refractivity contribution in [3.8, 4) is 0 Å². The first-order chi connectivity index (χ1) is 7.77. The molecule has 2 rings (SSSR count). The summed E-state index contributed by atoms with van der Waals surface area (Å²) in [5.41, 5.74) is 14.5. The van der Waals surface area contributed by atoms with Gasteiger partial charge in [0.05, 0.1) is 5.69 Å². The number of nitrogens with two attached hydrogens (primary N) is 2. The third-order valence-corrected chi connectivity index (χ3v) is 2.64. The van der Waals surface area contributed by atoms with Gasteiger partial charge >= 0.3 is 0 Å². The minimum absolute atomic E-state index is 0.422. The van der Waals surface area contributed by atoms with Gasteiger partial charge in [0.2, 0.25) is 0 Å². The first kappa shape index (κ1) is 10.5. The van der Waals surface area contributed by atoms with E-state index in [4.69, 9.17) is 11.5 Å². The van der Waals surface area contributed by atoms with E-state index in [1.807, 2.05) is 24.3 Å². The van der Waals surface area contributed by atoms with Crippen LogP contribution in [-0.4, -0.2) is 4.98 Å². The van der Waals surface area contributed by atoms with Crippen LogP contribution in [0.2, 0.25) is 0 Å². The van der Waals surface area contributed by atoms with E-state index >= 15 is 0 Å². The molecule has 0 atom stereocenters. The molecule has 82 valence electrons. The van der Waals surface area contributed by atoms with E-state index in [9.17, 15) is 0 Å². The number of aromatic nitrogens is 1. The predicted molar refractivity (Wildman–Crippen MR) is 66.9 cm³/mol. The molecule has 0 saturated heterocycles. The van der Waals surface area contributed by atoms with Crippen molar-refractivity contribution in [2.45, 2.75) is 12.8 Å². The molecule has 0 amide bonds. The standard InChI is InChI=1S/C13H15N3/c14-12-11(8-9-16-13(12)15)7-6-10-4-2-1-3-5-10/h1-5,8-9H,6-7,14H2,(H2,15,16). The van der Waals surface area contributed by atoms with Crippen LogP contribution in [-0.2, 0) is 12.8 Å². The second-order valence-corrected chi connectivity index (χ2v) is 3.75. The SMILES string of the molecule is Nc1nccc(CCc2ccccc2)c1N. The Morgan fingerprint density at radius 1 is 0.938 bits per heavy atom. The molecule has 0 spiro atoms. The fourth-order valence-electron chi connectivity index (χ4n) is 1.67. The number of nitrogens with zero attached hydrogens (tertiary/aromatic N) is 1. The Morgan fingerprint density at radius 3 is 2.44 bits per heavy atom. The molecule has 3 nitrogen and oxygen atoms in total. The first-order valence-corrected chi connectivity index (χ1v) is 5.30. The highest BCUT2D eigenvalue weighted by atomic mass is 14.9. The lowest BCUT2D eigenvalue weighted by Crippen LogP contribution is -2.03. The Hall–Kier alpha value is -2.03. The summed E-state index contributed by atoms with van der Waals surface area (Å²) in [7, 11) is 0. The summed E-state index contributed by atoms with van der Waals surface area (Å²) in [5, 5.41) is 0. The van der Waals surface area contributed by atoms with E-state index in [2.05, 4.69) is 17.1 Å². The van der Waals surface area contributed by atoms with Crippen LogP contribution in [0.25, 0.3) is 0 Å². The Morgan fingerprint density at radius 2 is 1.69 bits per heavy atom. The maximum atomic E-state index is 5.86. The zero-order valence-corrected chi connectivity index (χ0v) is 9.06. The van der Waals surface area contributed by atoms with E-state index in [1.54, 1.807) is 6.20 Å². The highest BCUT2D eigenvalue weighted by Crippen LogP contribution is 2.18. The largest absolute Gasteiger partial charge is 0.396 e. The molecule has 1 heterocycles. The van der Waals surface area contributed by atoms with Crippen molar-refractivity contribution in [3.05, 3.63) is 53.7 Å². The van der Waals surface area contributed by atoms with Crippen molar-refractivity contribution >= 4 is 11.5 Å². The zero-order valence-electron chi connectivity index (χ0n) is 9.06. The van der Waals surface area contributed by atoms with Crippen LogP contribution in [0.5, 0.6) is 0 Å². The Bertz CT molecular complexity index is 466. The molecule has 1 aromatic heterocycles. The van der Waals surface area contributed by atoms with Gasteiger partial charge in [0, 0.05) is 6.20 Å². The average Bonchev–Trinajstić information content (AvgIpc) is 2.32. The van der Waals surface area contributed by atoms with Crippen LogP contribution in [0, 0.1) is 0 Å². The molecule has 1 aromatic carbocycles. The van der Waals surface area contributed by atoms with E-state index in [1.165, 1.54) is 5.56 Å². The number of nitrogen functional groups attached to an aromatic ring is 2. The number of pyridine rings is 1. The quantitative estimate of drug-likeness (QED) is 0.820. The molecule has 0 bridgehead atoms. The number of aryl methyl sites for hydroxylation is 2. The van der Waals surface area contributed by atoms with Gasteiger partial charge in [-0.15, -0.1) is 0 Å². The van der Waals surface area contributed by atoms with Crippen LogP contribution in [0.1, 0.15) is 11.1 Å². The highest BCUT2D eigenvalue weighted by molar-refractivity contribution is 5.62. The maximum absolute atomic E-state index is 5.86. The average molecular weight is 213 g/mol. The third kappa shape index (κ3) is 2.31. The molecule has 4 N–H and O–H groups in total. The van der Waals surface area contributed by atoms with Gasteiger partial charge < -0.3 is 11.5 Å². The second-order valence-electron chi connectivity index (χ2n) is 3.75. The predicted octanol–water partition coefficient (Wildman–Crippen LogP) is 2.03. The fraction of sp³-hybridized carbons (Fsp3) is 0.154. The fourth-order valence-corrected chi connectivity index (χ4v) is 1.67.